The maximum Gasteiger partial charge on any atom is 0.119 e. The molecule has 1 aromatic heterocycles. The van der Waals surface area contributed by atoms with Gasteiger partial charge in [-0.2, -0.15) is 0 Å². The normalized spacial score (nSPS) is 12.4. The number of nitrogens with one attached hydrogen (secondary N) is 1. The first-order valence-electron chi connectivity index (χ1n) is 6.64. The number of thiophene rings is 1. The molecule has 0 aliphatic carbocycles. The van der Waals surface area contributed by atoms with Gasteiger partial charge in [0, 0.05) is 22.3 Å². The zero-order valence-electron chi connectivity index (χ0n) is 11.8. The standard InChI is InChI=1S/C16H21NOS/c1-12-5-4-6-15(11-12)18-10-9-17-14(3)16-8-7-13(2)19-16/h4-8,11,14,17H,9-10H2,1-3H3. The van der Waals surface area contributed by atoms with Crippen LogP contribution in [0.3, 0.4) is 0 Å². The Morgan fingerprint density at radius 3 is 2.74 bits per heavy atom. The first-order chi connectivity index (χ1) is 9.15. The summed E-state index contributed by atoms with van der Waals surface area (Å²) in [4.78, 5) is 2.74. The predicted octanol–water partition coefficient (Wildman–Crippen LogP) is 4.09. The van der Waals surface area contributed by atoms with Crippen molar-refractivity contribution in [3.8, 4) is 5.75 Å². The predicted molar refractivity (Wildman–Crippen MR) is 82.1 cm³/mol. The fourth-order valence-corrected chi connectivity index (χ4v) is 2.84. The monoisotopic (exact) mass is 275 g/mol. The van der Waals surface area contributed by atoms with Crippen LogP contribution in [0.25, 0.3) is 0 Å². The molecule has 0 aliphatic heterocycles. The molecule has 19 heavy (non-hydrogen) atoms. The van der Waals surface area contributed by atoms with Crippen LogP contribution in [0, 0.1) is 13.8 Å². The number of ether oxygens (including phenoxy) is 1. The molecular weight excluding hydrogens is 254 g/mol. The van der Waals surface area contributed by atoms with Crippen LogP contribution in [0.4, 0.5) is 0 Å². The Bertz CT molecular complexity index is 521. The van der Waals surface area contributed by atoms with Crippen LogP contribution in [0.5, 0.6) is 5.75 Å². The molecule has 0 aliphatic rings. The molecule has 3 heteroatoms. The summed E-state index contributed by atoms with van der Waals surface area (Å²) in [5, 5.41) is 3.48. The van der Waals surface area contributed by atoms with Crippen molar-refractivity contribution in [1.82, 2.24) is 5.32 Å². The van der Waals surface area contributed by atoms with E-state index in [1.165, 1.54) is 15.3 Å². The van der Waals surface area contributed by atoms with Crippen molar-refractivity contribution in [2.75, 3.05) is 13.2 Å². The molecule has 0 bridgehead atoms. The van der Waals surface area contributed by atoms with Gasteiger partial charge in [-0.05, 0) is 50.6 Å². The van der Waals surface area contributed by atoms with E-state index in [0.29, 0.717) is 12.6 Å². The van der Waals surface area contributed by atoms with Gasteiger partial charge in [0.05, 0.1) is 0 Å². The number of hydrogen-bond donors (Lipinski definition) is 1. The zero-order chi connectivity index (χ0) is 13.7. The molecule has 0 spiro atoms. The summed E-state index contributed by atoms with van der Waals surface area (Å²) in [6.45, 7) is 7.95. The average Bonchev–Trinajstić information content (AvgIpc) is 2.81. The van der Waals surface area contributed by atoms with Crippen LogP contribution in [-0.4, -0.2) is 13.2 Å². The Morgan fingerprint density at radius 2 is 2.05 bits per heavy atom. The van der Waals surface area contributed by atoms with Gasteiger partial charge in [-0.15, -0.1) is 11.3 Å². The maximum absolute atomic E-state index is 5.72. The first-order valence-corrected chi connectivity index (χ1v) is 7.46. The van der Waals surface area contributed by atoms with Crippen molar-refractivity contribution in [2.24, 2.45) is 0 Å². The molecule has 2 nitrogen and oxygen atoms in total. The van der Waals surface area contributed by atoms with E-state index in [1.807, 2.05) is 23.5 Å². The average molecular weight is 275 g/mol. The van der Waals surface area contributed by atoms with Crippen molar-refractivity contribution in [3.63, 3.8) is 0 Å². The van der Waals surface area contributed by atoms with Crippen molar-refractivity contribution < 1.29 is 4.74 Å². The van der Waals surface area contributed by atoms with Crippen molar-refractivity contribution in [1.29, 1.82) is 0 Å². The fraction of sp³-hybridized carbons (Fsp3) is 0.375. The summed E-state index contributed by atoms with van der Waals surface area (Å²) in [6, 6.07) is 12.9. The summed E-state index contributed by atoms with van der Waals surface area (Å²) in [5.74, 6) is 0.946. The van der Waals surface area contributed by atoms with Crippen LogP contribution in [0.2, 0.25) is 0 Å². The minimum absolute atomic E-state index is 0.389. The molecule has 0 radical (unpaired) electrons. The van der Waals surface area contributed by atoms with Crippen molar-refractivity contribution >= 4 is 11.3 Å². The van der Waals surface area contributed by atoms with E-state index in [9.17, 15) is 0 Å². The van der Waals surface area contributed by atoms with Gasteiger partial charge >= 0.3 is 0 Å². The van der Waals surface area contributed by atoms with Crippen LogP contribution < -0.4 is 10.1 Å². The minimum Gasteiger partial charge on any atom is -0.492 e. The van der Waals surface area contributed by atoms with Gasteiger partial charge in [0.15, 0.2) is 0 Å². The molecule has 0 fully saturated rings. The smallest absolute Gasteiger partial charge is 0.119 e. The molecule has 1 heterocycles. The van der Waals surface area contributed by atoms with E-state index in [1.54, 1.807) is 0 Å². The van der Waals surface area contributed by atoms with E-state index in [2.05, 4.69) is 50.4 Å². The SMILES string of the molecule is Cc1cccc(OCCNC(C)c2ccc(C)s2)c1. The van der Waals surface area contributed by atoms with E-state index in [-0.39, 0.29) is 0 Å². The Labute approximate surface area is 119 Å². The lowest BCUT2D eigenvalue weighted by atomic mass is 10.2. The minimum atomic E-state index is 0.389. The second kappa shape index (κ2) is 6.73. The highest BCUT2D eigenvalue weighted by Crippen LogP contribution is 2.22. The quantitative estimate of drug-likeness (QED) is 0.802. The second-order valence-electron chi connectivity index (χ2n) is 4.79. The molecule has 0 saturated heterocycles. The zero-order valence-corrected chi connectivity index (χ0v) is 12.6. The third-order valence-electron chi connectivity index (χ3n) is 3.00. The van der Waals surface area contributed by atoms with Gasteiger partial charge in [0.2, 0.25) is 0 Å². The van der Waals surface area contributed by atoms with Crippen molar-refractivity contribution in [3.05, 3.63) is 51.7 Å². The third kappa shape index (κ3) is 4.37. The maximum atomic E-state index is 5.72. The second-order valence-corrected chi connectivity index (χ2v) is 6.11. The molecule has 2 aromatic rings. The number of benzene rings is 1. The van der Waals surface area contributed by atoms with Crippen LogP contribution in [0.15, 0.2) is 36.4 Å². The first kappa shape index (κ1) is 14.1. The van der Waals surface area contributed by atoms with Gasteiger partial charge in [0.25, 0.3) is 0 Å². The summed E-state index contributed by atoms with van der Waals surface area (Å²) in [6.07, 6.45) is 0. The number of hydrogen-bond acceptors (Lipinski definition) is 3. The Balaban J connectivity index is 1.72. The lowest BCUT2D eigenvalue weighted by Crippen LogP contribution is -2.23. The van der Waals surface area contributed by atoms with Gasteiger partial charge in [-0.3, -0.25) is 0 Å². The number of rotatable bonds is 6. The molecule has 102 valence electrons. The van der Waals surface area contributed by atoms with E-state index in [4.69, 9.17) is 4.74 Å². The van der Waals surface area contributed by atoms with Crippen LogP contribution in [-0.2, 0) is 0 Å². The van der Waals surface area contributed by atoms with Crippen molar-refractivity contribution in [2.45, 2.75) is 26.8 Å². The summed E-state index contributed by atoms with van der Waals surface area (Å²) >= 11 is 1.85. The highest BCUT2D eigenvalue weighted by Gasteiger charge is 2.06. The lowest BCUT2D eigenvalue weighted by Gasteiger charge is -2.13. The van der Waals surface area contributed by atoms with Gasteiger partial charge in [-0.25, -0.2) is 0 Å². The highest BCUT2D eigenvalue weighted by atomic mass is 32.1. The Kier molecular flexibility index (Phi) is 5.00. The third-order valence-corrected chi connectivity index (χ3v) is 4.18. The molecule has 1 aromatic carbocycles. The van der Waals surface area contributed by atoms with Gasteiger partial charge in [-0.1, -0.05) is 12.1 Å². The van der Waals surface area contributed by atoms with Gasteiger partial charge < -0.3 is 10.1 Å². The Hall–Kier alpha value is -1.32. The van der Waals surface area contributed by atoms with Crippen LogP contribution in [0.1, 0.15) is 28.3 Å². The lowest BCUT2D eigenvalue weighted by molar-refractivity contribution is 0.308. The largest absolute Gasteiger partial charge is 0.492 e. The molecule has 1 N–H and O–H groups in total. The van der Waals surface area contributed by atoms with Gasteiger partial charge in [0.1, 0.15) is 12.4 Å². The summed E-state index contributed by atoms with van der Waals surface area (Å²) in [5.41, 5.74) is 1.23. The van der Waals surface area contributed by atoms with Crippen LogP contribution >= 0.6 is 11.3 Å². The molecule has 1 atom stereocenters. The van der Waals surface area contributed by atoms with E-state index in [0.717, 1.165) is 12.3 Å². The molecule has 0 amide bonds. The Morgan fingerprint density at radius 1 is 1.21 bits per heavy atom. The molecule has 1 unspecified atom stereocenters. The number of aryl methyl sites for hydroxylation is 2. The fourth-order valence-electron chi connectivity index (χ4n) is 1.94. The highest BCUT2D eigenvalue weighted by molar-refractivity contribution is 7.12. The molecule has 0 saturated carbocycles. The summed E-state index contributed by atoms with van der Waals surface area (Å²) < 4.78 is 5.72. The van der Waals surface area contributed by atoms with E-state index < -0.39 is 0 Å². The molecule has 2 rings (SSSR count). The van der Waals surface area contributed by atoms with E-state index >= 15 is 0 Å². The topological polar surface area (TPSA) is 21.3 Å². The summed E-state index contributed by atoms with van der Waals surface area (Å²) in [7, 11) is 0. The molecular formula is C16H21NOS.